The summed E-state index contributed by atoms with van der Waals surface area (Å²) in [5.41, 5.74) is 13.3. The number of hydrogen-bond acceptors (Lipinski definition) is 7. The van der Waals surface area contributed by atoms with Crippen LogP contribution in [0.5, 0.6) is 5.75 Å². The lowest BCUT2D eigenvalue weighted by Gasteiger charge is -2.08. The van der Waals surface area contributed by atoms with Gasteiger partial charge >= 0.3 is 0 Å². The Kier molecular flexibility index (Phi) is 7.75. The number of halogens is 2. The average Bonchev–Trinajstić information content (AvgIpc) is 3.06. The molecule has 32 heavy (non-hydrogen) atoms. The van der Waals surface area contributed by atoms with Crippen LogP contribution in [-0.2, 0) is 24.4 Å². The summed E-state index contributed by atoms with van der Waals surface area (Å²) >= 11 is 9.48. The number of imidazole rings is 1. The number of carbonyl (C=O) groups excluding carboxylic acids is 1. The fraction of sp³-hybridized carbons (Fsp3) is 0.400. The third kappa shape index (κ3) is 4.74. The Balaban J connectivity index is 2.00. The predicted octanol–water partition coefficient (Wildman–Crippen LogP) is 2.29. The van der Waals surface area contributed by atoms with Crippen LogP contribution in [0, 0.1) is 0 Å². The molecule has 0 saturated heterocycles. The van der Waals surface area contributed by atoms with Crippen molar-refractivity contribution in [1.29, 1.82) is 0 Å². The molecule has 0 fully saturated rings. The normalized spacial score (nSPS) is 11.2. The molecule has 0 radical (unpaired) electrons. The molecule has 3 rings (SSSR count). The molecule has 0 atom stereocenters. The van der Waals surface area contributed by atoms with Crippen LogP contribution < -0.4 is 26.1 Å². The Labute approximate surface area is 199 Å². The first-order chi connectivity index (χ1) is 15.3. The number of aromatic nitrogens is 4. The van der Waals surface area contributed by atoms with Crippen molar-refractivity contribution in [1.82, 2.24) is 19.9 Å². The zero-order valence-electron chi connectivity index (χ0n) is 18.1. The van der Waals surface area contributed by atoms with Gasteiger partial charge in [-0.3, -0.25) is 4.79 Å². The summed E-state index contributed by atoms with van der Waals surface area (Å²) in [4.78, 5) is 20.6. The van der Waals surface area contributed by atoms with Crippen molar-refractivity contribution in [2.45, 2.75) is 33.5 Å². The molecule has 1 amide bonds. The largest absolute Gasteiger partial charge is 0.487 e. The van der Waals surface area contributed by atoms with Gasteiger partial charge in [-0.15, -0.1) is 0 Å². The first kappa shape index (κ1) is 24.0. The highest BCUT2D eigenvalue weighted by molar-refractivity contribution is 9.10. The molecular formula is C20H26BrClN7O3+. The van der Waals surface area contributed by atoms with E-state index in [-0.39, 0.29) is 29.0 Å². The number of ether oxygens (including phenoxy) is 2. The third-order valence-corrected chi connectivity index (χ3v) is 5.64. The standard InChI is InChI=1S/C20H25BrClN7O3/c1-4-28-12-8-11(21)9-13(32-7-6-31-3)16(12)29(5-2)14(28)10-25-20(30)15-18(23)27-19(24)17(22)26-15/h8-9H,4-7,10H2,1-3H3,(H4-,23,24,25,27,30)/p+1. The molecule has 0 bridgehead atoms. The van der Waals surface area contributed by atoms with Crippen LogP contribution in [0.1, 0.15) is 30.2 Å². The second-order valence-electron chi connectivity index (χ2n) is 6.83. The number of hydrogen-bond donors (Lipinski definition) is 3. The van der Waals surface area contributed by atoms with E-state index in [0.717, 1.165) is 27.1 Å². The van der Waals surface area contributed by atoms with Gasteiger partial charge in [0, 0.05) is 17.6 Å². The number of methoxy groups -OCH3 is 1. The van der Waals surface area contributed by atoms with Gasteiger partial charge in [0.2, 0.25) is 5.52 Å². The number of fused-ring (bicyclic) bond motifs is 1. The van der Waals surface area contributed by atoms with E-state index in [1.165, 1.54) is 0 Å². The van der Waals surface area contributed by atoms with Crippen LogP contribution in [0.3, 0.4) is 0 Å². The lowest BCUT2D eigenvalue weighted by atomic mass is 10.3. The molecule has 0 unspecified atom stereocenters. The minimum Gasteiger partial charge on any atom is -0.487 e. The zero-order chi connectivity index (χ0) is 23.4. The van der Waals surface area contributed by atoms with Gasteiger partial charge in [0.25, 0.3) is 11.7 Å². The number of anilines is 2. The monoisotopic (exact) mass is 526 g/mol. The first-order valence-corrected chi connectivity index (χ1v) is 11.2. The summed E-state index contributed by atoms with van der Waals surface area (Å²) in [5, 5.41) is 2.79. The number of nitrogens with zero attached hydrogens (tertiary/aromatic N) is 4. The third-order valence-electron chi connectivity index (χ3n) is 4.91. The average molecular weight is 528 g/mol. The van der Waals surface area contributed by atoms with Crippen LogP contribution >= 0.6 is 27.5 Å². The van der Waals surface area contributed by atoms with E-state index in [2.05, 4.69) is 40.3 Å². The molecule has 0 saturated carbocycles. The van der Waals surface area contributed by atoms with Crippen LogP contribution in [0.15, 0.2) is 16.6 Å². The molecule has 0 aliphatic carbocycles. The Bertz CT molecular complexity index is 1150. The predicted molar refractivity (Wildman–Crippen MR) is 126 cm³/mol. The molecule has 2 heterocycles. The van der Waals surface area contributed by atoms with E-state index < -0.39 is 5.91 Å². The zero-order valence-corrected chi connectivity index (χ0v) is 20.5. The first-order valence-electron chi connectivity index (χ1n) is 10.0. The molecular weight excluding hydrogens is 502 g/mol. The second-order valence-corrected chi connectivity index (χ2v) is 8.11. The van der Waals surface area contributed by atoms with E-state index >= 15 is 0 Å². The number of carbonyl (C=O) groups is 1. The highest BCUT2D eigenvalue weighted by Gasteiger charge is 2.28. The van der Waals surface area contributed by atoms with Gasteiger partial charge in [0.15, 0.2) is 33.7 Å². The van der Waals surface area contributed by atoms with Gasteiger partial charge in [-0.25, -0.2) is 19.1 Å². The lowest BCUT2D eigenvalue weighted by molar-refractivity contribution is -0.676. The highest BCUT2D eigenvalue weighted by Crippen LogP contribution is 2.30. The number of amides is 1. The lowest BCUT2D eigenvalue weighted by Crippen LogP contribution is -2.40. The van der Waals surface area contributed by atoms with E-state index in [4.69, 9.17) is 32.5 Å². The second kappa shape index (κ2) is 10.3. The molecule has 3 aromatic rings. The summed E-state index contributed by atoms with van der Waals surface area (Å²) in [7, 11) is 1.63. The van der Waals surface area contributed by atoms with Gasteiger partial charge in [0.05, 0.1) is 19.7 Å². The summed E-state index contributed by atoms with van der Waals surface area (Å²) in [6, 6.07) is 3.96. The van der Waals surface area contributed by atoms with E-state index in [1.54, 1.807) is 7.11 Å². The summed E-state index contributed by atoms with van der Waals surface area (Å²) < 4.78 is 16.2. The molecule has 0 spiro atoms. The van der Waals surface area contributed by atoms with E-state index in [9.17, 15) is 4.79 Å². The molecule has 10 nitrogen and oxygen atoms in total. The molecule has 5 N–H and O–H groups in total. The van der Waals surface area contributed by atoms with Crippen molar-refractivity contribution in [2.24, 2.45) is 0 Å². The van der Waals surface area contributed by atoms with Gasteiger partial charge in [-0.1, -0.05) is 27.5 Å². The van der Waals surface area contributed by atoms with Crippen molar-refractivity contribution in [3.63, 3.8) is 0 Å². The summed E-state index contributed by atoms with van der Waals surface area (Å²) in [6.45, 7) is 6.57. The van der Waals surface area contributed by atoms with Crippen molar-refractivity contribution >= 4 is 56.1 Å². The Morgan fingerprint density at radius 3 is 2.66 bits per heavy atom. The van der Waals surface area contributed by atoms with Crippen LogP contribution in [0.4, 0.5) is 11.6 Å². The minimum absolute atomic E-state index is 0.0257. The smallest absolute Gasteiger partial charge is 0.277 e. The molecule has 2 aromatic heterocycles. The topological polar surface area (TPSA) is 134 Å². The van der Waals surface area contributed by atoms with E-state index in [1.807, 2.05) is 26.0 Å². The quantitative estimate of drug-likeness (QED) is 0.287. The number of aryl methyl sites for hydroxylation is 2. The summed E-state index contributed by atoms with van der Waals surface area (Å²) in [6.07, 6.45) is 0. The maximum Gasteiger partial charge on any atom is 0.277 e. The molecule has 0 aliphatic rings. The highest BCUT2D eigenvalue weighted by atomic mass is 79.9. The van der Waals surface area contributed by atoms with Crippen LogP contribution in [0.2, 0.25) is 5.15 Å². The van der Waals surface area contributed by atoms with Crippen LogP contribution in [-0.4, -0.2) is 40.8 Å². The fourth-order valence-electron chi connectivity index (χ4n) is 3.53. The van der Waals surface area contributed by atoms with Gasteiger partial charge in [-0.05, 0) is 19.9 Å². The van der Waals surface area contributed by atoms with Crippen molar-refractivity contribution < 1.29 is 18.8 Å². The summed E-state index contributed by atoms with van der Waals surface area (Å²) in [5.74, 6) is 1.02. The Hall–Kier alpha value is -2.63. The Morgan fingerprint density at radius 1 is 1.25 bits per heavy atom. The molecule has 12 heteroatoms. The minimum atomic E-state index is -0.495. The van der Waals surface area contributed by atoms with Gasteiger partial charge in [-0.2, -0.15) is 0 Å². The number of nitrogens with two attached hydrogens (primary N) is 2. The number of nitrogens with one attached hydrogen (secondary N) is 1. The molecule has 0 aliphatic heterocycles. The SMILES string of the molecule is CCn1c(CNC(=O)c2nc(Cl)c(N)nc2N)[n+](CC)c2cc(Br)cc(OCCOC)c21. The van der Waals surface area contributed by atoms with E-state index in [0.29, 0.717) is 26.3 Å². The van der Waals surface area contributed by atoms with Gasteiger partial charge < -0.3 is 26.3 Å². The fourth-order valence-corrected chi connectivity index (χ4v) is 4.08. The number of benzene rings is 1. The van der Waals surface area contributed by atoms with Crippen molar-refractivity contribution in [3.05, 3.63) is 33.3 Å². The number of rotatable bonds is 9. The Morgan fingerprint density at radius 2 is 2.00 bits per heavy atom. The molecule has 1 aromatic carbocycles. The maximum absolute atomic E-state index is 12.8. The van der Waals surface area contributed by atoms with Crippen molar-refractivity contribution in [2.75, 3.05) is 31.8 Å². The van der Waals surface area contributed by atoms with Crippen LogP contribution in [0.25, 0.3) is 11.0 Å². The van der Waals surface area contributed by atoms with Crippen molar-refractivity contribution in [3.8, 4) is 5.75 Å². The maximum atomic E-state index is 12.8. The molecule has 172 valence electrons. The number of nitrogen functional groups attached to an aromatic ring is 2. The van der Waals surface area contributed by atoms with Gasteiger partial charge in [0.1, 0.15) is 13.2 Å².